The van der Waals surface area contributed by atoms with Crippen LogP contribution in [0.3, 0.4) is 0 Å². The van der Waals surface area contributed by atoms with E-state index in [0.29, 0.717) is 12.5 Å². The molecule has 0 saturated heterocycles. The van der Waals surface area contributed by atoms with Gasteiger partial charge in [0.05, 0.1) is 6.54 Å². The van der Waals surface area contributed by atoms with Crippen molar-refractivity contribution in [2.45, 2.75) is 20.3 Å². The van der Waals surface area contributed by atoms with Crippen LogP contribution in [-0.2, 0) is 4.79 Å². The average molecular weight is 199 g/mol. The Hall–Kier alpha value is -1.26. The van der Waals surface area contributed by atoms with Crippen LogP contribution in [0, 0.1) is 11.8 Å². The first kappa shape index (κ1) is 10.8. The fourth-order valence-electron chi connectivity index (χ4n) is 1.47. The summed E-state index contributed by atoms with van der Waals surface area (Å²) < 4.78 is 0. The van der Waals surface area contributed by atoms with Crippen LogP contribution in [0.2, 0.25) is 0 Å². The number of rotatable bonds is 4. The third-order valence-corrected chi connectivity index (χ3v) is 2.60. The Morgan fingerprint density at radius 2 is 2.29 bits per heavy atom. The van der Waals surface area contributed by atoms with Gasteiger partial charge in [0.15, 0.2) is 5.84 Å². The lowest BCUT2D eigenvalue weighted by Crippen LogP contribution is -2.39. The van der Waals surface area contributed by atoms with Crippen molar-refractivity contribution in [3.8, 4) is 0 Å². The molecule has 1 aliphatic carbocycles. The normalized spacial score (nSPS) is 26.0. The number of likely N-dealkylation sites (N-methyl/N-ethyl adjacent to an activating group) is 1. The van der Waals surface area contributed by atoms with Crippen molar-refractivity contribution in [1.82, 2.24) is 4.90 Å². The van der Waals surface area contributed by atoms with Crippen LogP contribution in [-0.4, -0.2) is 34.9 Å². The minimum Gasteiger partial charge on any atom is -0.409 e. The molecule has 1 rings (SSSR count). The van der Waals surface area contributed by atoms with E-state index in [1.54, 1.807) is 4.90 Å². The summed E-state index contributed by atoms with van der Waals surface area (Å²) in [5, 5.41) is 11.3. The number of carbonyl (C=O) groups is 1. The fraction of sp³-hybridized carbons (Fsp3) is 0.778. The maximum Gasteiger partial charge on any atom is 0.226 e. The van der Waals surface area contributed by atoms with Gasteiger partial charge in [0.1, 0.15) is 0 Å². The molecule has 0 aliphatic heterocycles. The molecule has 0 heterocycles. The number of nitrogens with zero attached hydrogens (tertiary/aromatic N) is 2. The molecule has 0 aromatic carbocycles. The molecular formula is C9H17N3O2. The van der Waals surface area contributed by atoms with Gasteiger partial charge in [-0.15, -0.1) is 0 Å². The van der Waals surface area contributed by atoms with E-state index < -0.39 is 0 Å². The van der Waals surface area contributed by atoms with Crippen molar-refractivity contribution in [2.24, 2.45) is 22.7 Å². The maximum atomic E-state index is 11.7. The second kappa shape index (κ2) is 4.30. The maximum absolute atomic E-state index is 11.7. The highest BCUT2D eigenvalue weighted by atomic mass is 16.4. The SMILES string of the molecule is CCN(CC(N)=NO)C(=O)C1CC1C. The highest BCUT2D eigenvalue weighted by Crippen LogP contribution is 2.39. The van der Waals surface area contributed by atoms with Crippen LogP contribution < -0.4 is 5.73 Å². The van der Waals surface area contributed by atoms with E-state index in [2.05, 4.69) is 12.1 Å². The van der Waals surface area contributed by atoms with Crippen LogP contribution in [0.4, 0.5) is 0 Å². The molecule has 0 bridgehead atoms. The zero-order valence-corrected chi connectivity index (χ0v) is 8.60. The molecule has 1 saturated carbocycles. The molecule has 2 atom stereocenters. The molecular weight excluding hydrogens is 182 g/mol. The highest BCUT2D eigenvalue weighted by Gasteiger charge is 2.41. The number of amides is 1. The lowest BCUT2D eigenvalue weighted by molar-refractivity contribution is -0.131. The van der Waals surface area contributed by atoms with Crippen molar-refractivity contribution in [2.75, 3.05) is 13.1 Å². The molecule has 5 heteroatoms. The van der Waals surface area contributed by atoms with Gasteiger partial charge in [-0.2, -0.15) is 0 Å². The van der Waals surface area contributed by atoms with Crippen molar-refractivity contribution in [3.05, 3.63) is 0 Å². The van der Waals surface area contributed by atoms with Gasteiger partial charge in [0.25, 0.3) is 0 Å². The van der Waals surface area contributed by atoms with E-state index in [0.717, 1.165) is 6.42 Å². The summed E-state index contributed by atoms with van der Waals surface area (Å²) in [7, 11) is 0. The monoisotopic (exact) mass is 199 g/mol. The van der Waals surface area contributed by atoms with E-state index in [4.69, 9.17) is 10.9 Å². The lowest BCUT2D eigenvalue weighted by atomic mass is 10.3. The number of amidine groups is 1. The third kappa shape index (κ3) is 2.37. The van der Waals surface area contributed by atoms with Crippen LogP contribution in [0.25, 0.3) is 0 Å². The molecule has 80 valence electrons. The quantitative estimate of drug-likeness (QED) is 0.294. The average Bonchev–Trinajstić information content (AvgIpc) is 2.90. The molecule has 0 spiro atoms. The fourth-order valence-corrected chi connectivity index (χ4v) is 1.47. The molecule has 1 aliphatic rings. The summed E-state index contributed by atoms with van der Waals surface area (Å²) in [5.74, 6) is 0.838. The zero-order valence-electron chi connectivity index (χ0n) is 8.60. The van der Waals surface area contributed by atoms with Gasteiger partial charge in [-0.05, 0) is 19.3 Å². The van der Waals surface area contributed by atoms with Crippen molar-refractivity contribution in [1.29, 1.82) is 0 Å². The van der Waals surface area contributed by atoms with Gasteiger partial charge in [0.2, 0.25) is 5.91 Å². The van der Waals surface area contributed by atoms with Crippen molar-refractivity contribution in [3.63, 3.8) is 0 Å². The minimum absolute atomic E-state index is 0.0773. The lowest BCUT2D eigenvalue weighted by Gasteiger charge is -2.19. The molecule has 5 nitrogen and oxygen atoms in total. The second-order valence-electron chi connectivity index (χ2n) is 3.76. The molecule has 1 fully saturated rings. The third-order valence-electron chi connectivity index (χ3n) is 2.60. The number of hydrogen-bond acceptors (Lipinski definition) is 3. The van der Waals surface area contributed by atoms with Crippen LogP contribution >= 0.6 is 0 Å². The Morgan fingerprint density at radius 3 is 2.64 bits per heavy atom. The Balaban J connectivity index is 2.49. The van der Waals surface area contributed by atoms with Gasteiger partial charge < -0.3 is 15.8 Å². The Bertz CT molecular complexity index is 252. The first-order valence-corrected chi connectivity index (χ1v) is 4.85. The number of hydrogen-bond donors (Lipinski definition) is 2. The Labute approximate surface area is 83.6 Å². The van der Waals surface area contributed by atoms with Crippen molar-refractivity contribution >= 4 is 11.7 Å². The van der Waals surface area contributed by atoms with E-state index in [1.165, 1.54) is 0 Å². The Morgan fingerprint density at radius 1 is 1.71 bits per heavy atom. The molecule has 0 aromatic heterocycles. The molecule has 14 heavy (non-hydrogen) atoms. The zero-order chi connectivity index (χ0) is 10.7. The summed E-state index contributed by atoms with van der Waals surface area (Å²) in [4.78, 5) is 13.3. The number of oxime groups is 1. The van der Waals surface area contributed by atoms with Crippen LogP contribution in [0.1, 0.15) is 20.3 Å². The largest absolute Gasteiger partial charge is 0.409 e. The van der Waals surface area contributed by atoms with Gasteiger partial charge in [-0.25, -0.2) is 0 Å². The summed E-state index contributed by atoms with van der Waals surface area (Å²) in [5.41, 5.74) is 5.35. The smallest absolute Gasteiger partial charge is 0.226 e. The van der Waals surface area contributed by atoms with Crippen LogP contribution in [0.5, 0.6) is 0 Å². The summed E-state index contributed by atoms with van der Waals surface area (Å²) >= 11 is 0. The summed E-state index contributed by atoms with van der Waals surface area (Å²) in [6.45, 7) is 4.75. The standard InChI is InChI=1S/C9H17N3O2/c1-3-12(5-8(10)11-14)9(13)7-4-6(7)2/h6-7,14H,3-5H2,1-2H3,(H2,10,11). The predicted molar refractivity (Wildman–Crippen MR) is 52.9 cm³/mol. The molecule has 3 N–H and O–H groups in total. The summed E-state index contributed by atoms with van der Waals surface area (Å²) in [6.07, 6.45) is 0.964. The van der Waals surface area contributed by atoms with E-state index in [-0.39, 0.29) is 24.2 Å². The Kier molecular flexibility index (Phi) is 3.33. The van der Waals surface area contributed by atoms with Gasteiger partial charge in [-0.1, -0.05) is 12.1 Å². The molecule has 2 unspecified atom stereocenters. The van der Waals surface area contributed by atoms with Crippen LogP contribution in [0.15, 0.2) is 5.16 Å². The number of nitrogens with two attached hydrogens (primary N) is 1. The predicted octanol–water partition coefficient (Wildman–Crippen LogP) is 0.237. The topological polar surface area (TPSA) is 78.9 Å². The number of carbonyl (C=O) groups excluding carboxylic acids is 1. The molecule has 0 aromatic rings. The van der Waals surface area contributed by atoms with E-state index in [9.17, 15) is 4.79 Å². The van der Waals surface area contributed by atoms with Gasteiger partial charge in [-0.3, -0.25) is 4.79 Å². The summed E-state index contributed by atoms with van der Waals surface area (Å²) in [6, 6.07) is 0. The first-order chi connectivity index (χ1) is 6.60. The molecule has 0 radical (unpaired) electrons. The highest BCUT2D eigenvalue weighted by molar-refractivity contribution is 5.88. The van der Waals surface area contributed by atoms with Crippen molar-refractivity contribution < 1.29 is 10.0 Å². The van der Waals surface area contributed by atoms with Gasteiger partial charge in [0, 0.05) is 12.5 Å². The van der Waals surface area contributed by atoms with Gasteiger partial charge >= 0.3 is 0 Å². The minimum atomic E-state index is 0.0773. The molecule has 1 amide bonds. The van der Waals surface area contributed by atoms with E-state index in [1.807, 2.05) is 6.92 Å². The van der Waals surface area contributed by atoms with E-state index >= 15 is 0 Å². The second-order valence-corrected chi connectivity index (χ2v) is 3.76. The first-order valence-electron chi connectivity index (χ1n) is 4.85.